The van der Waals surface area contributed by atoms with E-state index in [4.69, 9.17) is 17.0 Å². The van der Waals surface area contributed by atoms with Crippen molar-refractivity contribution in [2.75, 3.05) is 33.2 Å². The Morgan fingerprint density at radius 1 is 1.31 bits per heavy atom. The van der Waals surface area contributed by atoms with E-state index in [1.807, 2.05) is 35.2 Å². The number of thiocarbonyl (C=S) groups is 1. The van der Waals surface area contributed by atoms with E-state index in [0.717, 1.165) is 38.2 Å². The summed E-state index contributed by atoms with van der Waals surface area (Å²) < 4.78 is 6.48. The number of allylic oxidation sites excluding steroid dienone is 1. The van der Waals surface area contributed by atoms with Gasteiger partial charge in [0.25, 0.3) is 11.8 Å². The molecular weight excluding hydrogens is 406 g/mol. The molecule has 2 amide bonds. The molecule has 1 aromatic rings. The summed E-state index contributed by atoms with van der Waals surface area (Å²) in [5, 5.41) is 2.60. The third-order valence-corrected chi connectivity index (χ3v) is 6.40. The van der Waals surface area contributed by atoms with Crippen LogP contribution in [0, 0.1) is 0 Å². The molecule has 1 unspecified atom stereocenters. The Morgan fingerprint density at radius 2 is 2.17 bits per heavy atom. The van der Waals surface area contributed by atoms with Crippen molar-refractivity contribution in [2.45, 2.75) is 18.9 Å². The molecule has 0 aliphatic carbocycles. The van der Waals surface area contributed by atoms with E-state index < -0.39 is 0 Å². The fraction of sp³-hybridized carbons (Fsp3) is 0.381. The average molecular weight is 430 g/mol. The van der Waals surface area contributed by atoms with Gasteiger partial charge in [0.1, 0.15) is 16.2 Å². The van der Waals surface area contributed by atoms with E-state index in [0.29, 0.717) is 27.0 Å². The van der Waals surface area contributed by atoms with Crippen LogP contribution in [0.1, 0.15) is 34.9 Å². The first-order valence-electron chi connectivity index (χ1n) is 9.69. The summed E-state index contributed by atoms with van der Waals surface area (Å²) in [5.41, 5.74) is 1.66. The number of hydrogen-bond acceptors (Lipinski definition) is 6. The first kappa shape index (κ1) is 20.1. The van der Waals surface area contributed by atoms with Gasteiger partial charge in [-0.15, -0.1) is 0 Å². The number of likely N-dealkylation sites (N-methyl/N-ethyl adjacent to an activating group) is 1. The van der Waals surface area contributed by atoms with Gasteiger partial charge in [0, 0.05) is 31.6 Å². The molecule has 0 spiro atoms. The zero-order valence-electron chi connectivity index (χ0n) is 16.2. The van der Waals surface area contributed by atoms with E-state index in [-0.39, 0.29) is 17.9 Å². The van der Waals surface area contributed by atoms with Gasteiger partial charge in [0.15, 0.2) is 0 Å². The number of amides is 2. The van der Waals surface area contributed by atoms with E-state index in [9.17, 15) is 9.59 Å². The Labute approximate surface area is 179 Å². The second kappa shape index (κ2) is 8.69. The second-order valence-electron chi connectivity index (χ2n) is 7.38. The molecule has 0 radical (unpaired) electrons. The van der Waals surface area contributed by atoms with Crippen LogP contribution in [0.5, 0.6) is 0 Å². The maximum Gasteiger partial charge on any atom is 0.263 e. The Hall–Kier alpha value is -2.16. The van der Waals surface area contributed by atoms with E-state index in [1.165, 1.54) is 11.8 Å². The quantitative estimate of drug-likeness (QED) is 0.589. The maximum absolute atomic E-state index is 13.0. The summed E-state index contributed by atoms with van der Waals surface area (Å²) in [4.78, 5) is 29.5. The lowest BCUT2D eigenvalue weighted by atomic mass is 10.0. The van der Waals surface area contributed by atoms with Crippen LogP contribution in [0.2, 0.25) is 0 Å². The van der Waals surface area contributed by atoms with Crippen molar-refractivity contribution in [3.63, 3.8) is 0 Å². The number of rotatable bonds is 3. The minimum atomic E-state index is -0.191. The number of carbonyl (C=O) groups is 2. The van der Waals surface area contributed by atoms with E-state index >= 15 is 0 Å². The molecule has 1 N–H and O–H groups in total. The molecule has 3 aliphatic rings. The summed E-state index contributed by atoms with van der Waals surface area (Å²) in [6, 6.07) is 7.68. The first-order valence-corrected chi connectivity index (χ1v) is 10.9. The minimum absolute atomic E-state index is 0.0722. The van der Waals surface area contributed by atoms with Gasteiger partial charge in [-0.1, -0.05) is 36.1 Å². The van der Waals surface area contributed by atoms with E-state index in [2.05, 4.69) is 17.3 Å². The third-order valence-electron chi connectivity index (χ3n) is 5.24. The number of ether oxygens (including phenoxy) is 1. The standard InChI is InChI=1S/C21H23N3O3S2/c1-23-8-3-9-24(11-10-23)20(26)15-5-2-4-14(12-15)17-7-6-16(27-17)13-18-19(25)22-21(28)29-18/h2,4-6,12-13,17H,3,7-11H2,1H3,(H,22,25,28)/b18-13-. The van der Waals surface area contributed by atoms with Gasteiger partial charge in [-0.2, -0.15) is 0 Å². The summed E-state index contributed by atoms with van der Waals surface area (Å²) >= 11 is 6.25. The smallest absolute Gasteiger partial charge is 0.263 e. The van der Waals surface area contributed by atoms with Crippen molar-refractivity contribution in [1.82, 2.24) is 15.1 Å². The van der Waals surface area contributed by atoms with Crippen molar-refractivity contribution in [3.05, 3.63) is 58.2 Å². The molecule has 4 rings (SSSR count). The Kier molecular flexibility index (Phi) is 6.03. The molecule has 3 heterocycles. The van der Waals surface area contributed by atoms with Crippen LogP contribution in [0.25, 0.3) is 0 Å². The summed E-state index contributed by atoms with van der Waals surface area (Å²) in [6.45, 7) is 3.45. The van der Waals surface area contributed by atoms with Gasteiger partial charge in [0.05, 0.1) is 4.91 Å². The topological polar surface area (TPSA) is 61.9 Å². The normalized spacial score (nSPS) is 24.3. The van der Waals surface area contributed by atoms with Gasteiger partial charge in [-0.05, 0) is 49.9 Å². The van der Waals surface area contributed by atoms with Gasteiger partial charge in [-0.25, -0.2) is 0 Å². The Bertz CT molecular complexity index is 912. The van der Waals surface area contributed by atoms with Crippen LogP contribution in [0.4, 0.5) is 0 Å². The molecule has 152 valence electrons. The van der Waals surface area contributed by atoms with Crippen molar-refractivity contribution >= 4 is 40.1 Å². The van der Waals surface area contributed by atoms with Crippen molar-refractivity contribution in [2.24, 2.45) is 0 Å². The van der Waals surface area contributed by atoms with Gasteiger partial charge in [0.2, 0.25) is 0 Å². The van der Waals surface area contributed by atoms with Crippen LogP contribution in [0.15, 0.2) is 47.1 Å². The molecule has 0 bridgehead atoms. The second-order valence-corrected chi connectivity index (χ2v) is 9.09. The Morgan fingerprint density at radius 3 is 2.97 bits per heavy atom. The van der Waals surface area contributed by atoms with Crippen molar-refractivity contribution in [3.8, 4) is 0 Å². The van der Waals surface area contributed by atoms with E-state index in [1.54, 1.807) is 6.08 Å². The highest BCUT2D eigenvalue weighted by Gasteiger charge is 2.26. The van der Waals surface area contributed by atoms with Crippen LogP contribution >= 0.6 is 24.0 Å². The highest BCUT2D eigenvalue weighted by Crippen LogP contribution is 2.34. The molecule has 1 atom stereocenters. The lowest BCUT2D eigenvalue weighted by Gasteiger charge is -2.21. The number of benzene rings is 1. The molecular formula is C21H23N3O3S2. The highest BCUT2D eigenvalue weighted by molar-refractivity contribution is 8.26. The SMILES string of the molecule is CN1CCCN(C(=O)c2cccc(C3CC=C(/C=C4\SC(=S)NC4=O)O3)c2)CC1. The summed E-state index contributed by atoms with van der Waals surface area (Å²) in [7, 11) is 2.09. The van der Waals surface area contributed by atoms with Crippen molar-refractivity contribution < 1.29 is 14.3 Å². The van der Waals surface area contributed by atoms with Gasteiger partial charge in [-0.3, -0.25) is 9.59 Å². The monoisotopic (exact) mass is 429 g/mol. The molecule has 0 saturated carbocycles. The molecule has 2 saturated heterocycles. The molecule has 1 aromatic carbocycles. The number of nitrogens with one attached hydrogen (secondary N) is 1. The van der Waals surface area contributed by atoms with Crippen molar-refractivity contribution in [1.29, 1.82) is 0 Å². The number of carbonyl (C=O) groups excluding carboxylic acids is 2. The van der Waals surface area contributed by atoms with Gasteiger partial charge < -0.3 is 19.9 Å². The summed E-state index contributed by atoms with van der Waals surface area (Å²) in [6.07, 6.45) is 5.21. The Balaban J connectivity index is 1.43. The average Bonchev–Trinajstić information content (AvgIpc) is 3.23. The molecule has 6 nitrogen and oxygen atoms in total. The maximum atomic E-state index is 13.0. The molecule has 3 aliphatic heterocycles. The van der Waals surface area contributed by atoms with Crippen LogP contribution in [-0.2, 0) is 9.53 Å². The minimum Gasteiger partial charge on any atom is -0.486 e. The van der Waals surface area contributed by atoms with Crippen LogP contribution < -0.4 is 5.32 Å². The molecule has 0 aromatic heterocycles. The van der Waals surface area contributed by atoms with Crippen LogP contribution in [0.3, 0.4) is 0 Å². The predicted molar refractivity (Wildman–Crippen MR) is 117 cm³/mol. The first-order chi connectivity index (χ1) is 14.0. The largest absolute Gasteiger partial charge is 0.486 e. The number of thioether (sulfide) groups is 1. The molecule has 8 heteroatoms. The zero-order chi connectivity index (χ0) is 20.4. The summed E-state index contributed by atoms with van der Waals surface area (Å²) in [5.74, 6) is 0.538. The van der Waals surface area contributed by atoms with Crippen LogP contribution in [-0.4, -0.2) is 59.2 Å². The number of nitrogens with zero attached hydrogens (tertiary/aromatic N) is 2. The fourth-order valence-electron chi connectivity index (χ4n) is 3.64. The molecule has 29 heavy (non-hydrogen) atoms. The zero-order valence-corrected chi connectivity index (χ0v) is 17.9. The highest BCUT2D eigenvalue weighted by atomic mass is 32.2. The lowest BCUT2D eigenvalue weighted by Crippen LogP contribution is -2.34. The number of hydrogen-bond donors (Lipinski definition) is 1. The lowest BCUT2D eigenvalue weighted by molar-refractivity contribution is -0.115. The third kappa shape index (κ3) is 4.71. The predicted octanol–water partition coefficient (Wildman–Crippen LogP) is 2.84. The fourth-order valence-corrected chi connectivity index (χ4v) is 4.66. The molecule has 2 fully saturated rings. The van der Waals surface area contributed by atoms with Gasteiger partial charge >= 0.3 is 0 Å².